The predicted molar refractivity (Wildman–Crippen MR) is 130 cm³/mol. The zero-order valence-electron chi connectivity index (χ0n) is 18.1. The van der Waals surface area contributed by atoms with E-state index in [1.807, 2.05) is 6.92 Å². The van der Waals surface area contributed by atoms with Gasteiger partial charge in [0.1, 0.15) is 0 Å². The Morgan fingerprint density at radius 3 is 2.53 bits per heavy atom. The molecule has 0 aliphatic carbocycles. The lowest BCUT2D eigenvalue weighted by atomic mass is 10.2. The van der Waals surface area contributed by atoms with Crippen molar-refractivity contribution >= 4 is 58.2 Å². The molecule has 2 aromatic carbocycles. The summed E-state index contributed by atoms with van der Waals surface area (Å²) in [6, 6.07) is 9.88. The lowest BCUT2D eigenvalue weighted by Crippen LogP contribution is -2.28. The van der Waals surface area contributed by atoms with Gasteiger partial charge in [0.25, 0.3) is 11.6 Å². The minimum atomic E-state index is -0.571. The Labute approximate surface area is 209 Å². The molecule has 34 heavy (non-hydrogen) atoms. The maximum Gasteiger partial charge on any atom is 0.271 e. The van der Waals surface area contributed by atoms with E-state index in [2.05, 4.69) is 20.8 Å². The van der Waals surface area contributed by atoms with Gasteiger partial charge in [0, 0.05) is 29.3 Å². The highest BCUT2D eigenvalue weighted by Gasteiger charge is 2.20. The van der Waals surface area contributed by atoms with E-state index in [1.54, 1.807) is 35.8 Å². The van der Waals surface area contributed by atoms with Crippen LogP contribution >= 0.6 is 35.0 Å². The van der Waals surface area contributed by atoms with Crippen LogP contribution in [0.15, 0.2) is 47.6 Å². The molecule has 1 heterocycles. The quantitative estimate of drug-likeness (QED) is 0.235. The number of nitro benzene ring substituents is 1. The molecule has 2 N–H and O–H groups in total. The average Bonchev–Trinajstić information content (AvgIpc) is 3.22. The first kappa shape index (κ1) is 25.5. The smallest absolute Gasteiger partial charge is 0.271 e. The fourth-order valence-electron chi connectivity index (χ4n) is 3.01. The van der Waals surface area contributed by atoms with Crippen molar-refractivity contribution in [1.29, 1.82) is 0 Å². The third kappa shape index (κ3) is 6.25. The Morgan fingerprint density at radius 1 is 1.18 bits per heavy atom. The van der Waals surface area contributed by atoms with E-state index in [-0.39, 0.29) is 28.1 Å². The van der Waals surface area contributed by atoms with E-state index in [1.165, 1.54) is 18.2 Å². The highest BCUT2D eigenvalue weighted by Crippen LogP contribution is 2.27. The van der Waals surface area contributed by atoms with Crippen LogP contribution in [-0.2, 0) is 11.3 Å². The molecule has 0 saturated carbocycles. The zero-order valence-corrected chi connectivity index (χ0v) is 20.4. The highest BCUT2D eigenvalue weighted by molar-refractivity contribution is 7.99. The molecule has 0 aliphatic rings. The molecule has 0 fully saturated rings. The van der Waals surface area contributed by atoms with Crippen molar-refractivity contribution < 1.29 is 14.5 Å². The summed E-state index contributed by atoms with van der Waals surface area (Å²) in [5.74, 6) is -0.182. The van der Waals surface area contributed by atoms with Crippen molar-refractivity contribution in [3.05, 3.63) is 74.0 Å². The van der Waals surface area contributed by atoms with Gasteiger partial charge < -0.3 is 15.2 Å². The number of thioether (sulfide) groups is 1. The van der Waals surface area contributed by atoms with E-state index in [4.69, 9.17) is 23.2 Å². The summed E-state index contributed by atoms with van der Waals surface area (Å²) in [4.78, 5) is 35.3. The monoisotopic (exact) mass is 522 g/mol. The fraction of sp³-hybridized carbons (Fsp3) is 0.238. The summed E-state index contributed by atoms with van der Waals surface area (Å²) in [5.41, 5.74) is 0.430. The van der Waals surface area contributed by atoms with Crippen LogP contribution in [0.5, 0.6) is 0 Å². The average molecular weight is 523 g/mol. The van der Waals surface area contributed by atoms with Gasteiger partial charge in [0.15, 0.2) is 11.0 Å². The number of carbonyl (C=O) groups excluding carboxylic acids is 2. The van der Waals surface area contributed by atoms with Gasteiger partial charge in [-0.05, 0) is 44.2 Å². The Hall–Kier alpha value is -3.15. The van der Waals surface area contributed by atoms with Crippen molar-refractivity contribution in [3.63, 3.8) is 0 Å². The van der Waals surface area contributed by atoms with E-state index in [0.717, 1.165) is 11.8 Å². The SMILES string of the molecule is CCn1c(SCC(=O)Nc2cc([N+](=O)[O-])ccc2Cl)nnc1[C@H](C)NC(=O)c1ccc(Cl)cc1. The summed E-state index contributed by atoms with van der Waals surface area (Å²) < 4.78 is 1.80. The van der Waals surface area contributed by atoms with Crippen LogP contribution in [0.4, 0.5) is 11.4 Å². The van der Waals surface area contributed by atoms with Crippen molar-refractivity contribution in [3.8, 4) is 0 Å². The first-order chi connectivity index (χ1) is 16.2. The van der Waals surface area contributed by atoms with Gasteiger partial charge in [-0.2, -0.15) is 0 Å². The number of anilines is 1. The zero-order chi connectivity index (χ0) is 24.8. The van der Waals surface area contributed by atoms with Crippen molar-refractivity contribution in [2.75, 3.05) is 11.1 Å². The molecular formula is C21H20Cl2N6O4S. The predicted octanol–water partition coefficient (Wildman–Crippen LogP) is 4.73. The van der Waals surface area contributed by atoms with Gasteiger partial charge in [-0.1, -0.05) is 35.0 Å². The van der Waals surface area contributed by atoms with Gasteiger partial charge in [0.05, 0.1) is 27.4 Å². The number of halogens is 2. The Balaban J connectivity index is 1.64. The van der Waals surface area contributed by atoms with Crippen LogP contribution in [0.1, 0.15) is 36.1 Å². The highest BCUT2D eigenvalue weighted by atomic mass is 35.5. The van der Waals surface area contributed by atoms with Crippen molar-refractivity contribution in [1.82, 2.24) is 20.1 Å². The number of benzene rings is 2. The number of non-ortho nitro benzene ring substituents is 1. The molecule has 0 spiro atoms. The van der Waals surface area contributed by atoms with Crippen molar-refractivity contribution in [2.45, 2.75) is 31.6 Å². The van der Waals surface area contributed by atoms with Crippen LogP contribution in [0, 0.1) is 10.1 Å². The second kappa shape index (κ2) is 11.3. The number of hydrogen-bond donors (Lipinski definition) is 2. The Bertz CT molecular complexity index is 1220. The minimum absolute atomic E-state index is 0.0251. The molecule has 0 bridgehead atoms. The minimum Gasteiger partial charge on any atom is -0.342 e. The lowest BCUT2D eigenvalue weighted by molar-refractivity contribution is -0.384. The van der Waals surface area contributed by atoms with Gasteiger partial charge in [0.2, 0.25) is 5.91 Å². The number of amides is 2. The largest absolute Gasteiger partial charge is 0.342 e. The van der Waals surface area contributed by atoms with Crippen LogP contribution < -0.4 is 10.6 Å². The molecule has 2 amide bonds. The summed E-state index contributed by atoms with van der Waals surface area (Å²) in [6.45, 7) is 4.20. The van der Waals surface area contributed by atoms with Gasteiger partial charge >= 0.3 is 0 Å². The molecular weight excluding hydrogens is 503 g/mol. The number of nitrogens with one attached hydrogen (secondary N) is 2. The molecule has 3 rings (SSSR count). The molecule has 0 unspecified atom stereocenters. The van der Waals surface area contributed by atoms with Gasteiger partial charge in [-0.3, -0.25) is 19.7 Å². The number of nitrogens with zero attached hydrogens (tertiary/aromatic N) is 4. The molecule has 0 radical (unpaired) electrons. The molecule has 3 aromatic rings. The topological polar surface area (TPSA) is 132 Å². The lowest BCUT2D eigenvalue weighted by Gasteiger charge is -2.15. The maximum atomic E-state index is 12.5. The molecule has 178 valence electrons. The van der Waals surface area contributed by atoms with Crippen LogP contribution in [0.3, 0.4) is 0 Å². The number of rotatable bonds is 9. The molecule has 13 heteroatoms. The first-order valence-corrected chi connectivity index (χ1v) is 11.8. The van der Waals surface area contributed by atoms with E-state index in [9.17, 15) is 19.7 Å². The van der Waals surface area contributed by atoms with Gasteiger partial charge in [-0.25, -0.2) is 0 Å². The first-order valence-electron chi connectivity index (χ1n) is 10.1. The third-order valence-corrected chi connectivity index (χ3v) is 6.22. The number of hydrogen-bond acceptors (Lipinski definition) is 7. The standard InChI is InChI=1S/C21H20Cl2N6O4S/c1-3-28-19(12(2)24-20(31)13-4-6-14(22)7-5-13)26-27-21(28)34-11-18(30)25-17-10-15(29(32)33)8-9-16(17)23/h4-10,12H,3,11H2,1-2H3,(H,24,31)(H,25,30)/t12-/m0/s1. The molecule has 10 nitrogen and oxygen atoms in total. The van der Waals surface area contributed by atoms with Gasteiger partial charge in [-0.15, -0.1) is 10.2 Å². The van der Waals surface area contributed by atoms with Crippen LogP contribution in [0.25, 0.3) is 0 Å². The summed E-state index contributed by atoms with van der Waals surface area (Å²) in [6.07, 6.45) is 0. The van der Waals surface area contributed by atoms with E-state index < -0.39 is 16.9 Å². The second-order valence-electron chi connectivity index (χ2n) is 7.05. The number of nitro groups is 1. The second-order valence-corrected chi connectivity index (χ2v) is 8.83. The molecule has 0 aliphatic heterocycles. The third-order valence-electron chi connectivity index (χ3n) is 4.67. The summed E-state index contributed by atoms with van der Waals surface area (Å²) >= 11 is 13.0. The number of aromatic nitrogens is 3. The summed E-state index contributed by atoms with van der Waals surface area (Å²) in [7, 11) is 0. The normalized spacial score (nSPS) is 11.6. The van der Waals surface area contributed by atoms with Crippen LogP contribution in [-0.4, -0.2) is 37.3 Å². The fourth-order valence-corrected chi connectivity index (χ4v) is 4.11. The Kier molecular flexibility index (Phi) is 8.48. The van der Waals surface area contributed by atoms with E-state index in [0.29, 0.717) is 28.1 Å². The maximum absolute atomic E-state index is 12.5. The summed E-state index contributed by atoms with van der Waals surface area (Å²) in [5, 5.41) is 25.9. The molecule has 1 atom stereocenters. The van der Waals surface area contributed by atoms with Crippen LogP contribution in [0.2, 0.25) is 10.0 Å². The molecule has 0 saturated heterocycles. The van der Waals surface area contributed by atoms with E-state index >= 15 is 0 Å². The van der Waals surface area contributed by atoms with Crippen molar-refractivity contribution in [2.24, 2.45) is 0 Å². The number of carbonyl (C=O) groups is 2. The Morgan fingerprint density at radius 2 is 1.88 bits per heavy atom. The molecule has 1 aromatic heterocycles.